The van der Waals surface area contributed by atoms with Gasteiger partial charge in [0.15, 0.2) is 0 Å². The summed E-state index contributed by atoms with van der Waals surface area (Å²) in [6.07, 6.45) is 0.455. The Balaban J connectivity index is 1.79. The Morgan fingerprint density at radius 2 is 1.09 bits per heavy atom. The molecule has 0 aliphatic carbocycles. The van der Waals surface area contributed by atoms with Gasteiger partial charge in [-0.05, 0) is 46.2 Å². The molecule has 5 heteroatoms. The lowest BCUT2D eigenvalue weighted by Gasteiger charge is -2.13. The van der Waals surface area contributed by atoms with Gasteiger partial charge in [-0.15, -0.1) is 22.7 Å². The van der Waals surface area contributed by atoms with Crippen LogP contribution in [0.4, 0.5) is 0 Å². The van der Waals surface area contributed by atoms with E-state index in [0.717, 1.165) is 20.9 Å². The maximum Gasteiger partial charge on any atom is 0.143 e. The molecule has 4 aromatic rings. The highest BCUT2D eigenvalue weighted by Crippen LogP contribution is 2.31. The normalized spacial score (nSPS) is 9.52. The molecular weight excluding hydrogens is 444 g/mol. The topological polar surface area (TPSA) is 56.8 Å². The van der Waals surface area contributed by atoms with E-state index in [9.17, 15) is 10.5 Å². The molecule has 0 aliphatic rings. The maximum atomic E-state index is 9.29. The first kappa shape index (κ1) is 22.0. The molecule has 33 heavy (non-hydrogen) atoms. The van der Waals surface area contributed by atoms with Crippen LogP contribution in [-0.4, -0.2) is 0 Å². The van der Waals surface area contributed by atoms with Crippen molar-refractivity contribution in [3.63, 3.8) is 0 Å². The van der Waals surface area contributed by atoms with Crippen LogP contribution in [0.2, 0.25) is 0 Å². The molecule has 0 unspecified atom stereocenters. The quantitative estimate of drug-likeness (QED) is 0.325. The Morgan fingerprint density at radius 3 is 1.48 bits per heavy atom. The number of benzene rings is 2. The second-order valence-electron chi connectivity index (χ2n) is 6.81. The van der Waals surface area contributed by atoms with Crippen LogP contribution in [0.1, 0.15) is 32.0 Å². The van der Waals surface area contributed by atoms with E-state index in [1.807, 2.05) is 71.4 Å². The molecule has 0 N–H and O–H groups in total. The Morgan fingerprint density at radius 1 is 0.606 bits per heavy atom. The van der Waals surface area contributed by atoms with Gasteiger partial charge in [-0.1, -0.05) is 60.1 Å². The molecule has 0 aliphatic heterocycles. The van der Waals surface area contributed by atoms with Crippen molar-refractivity contribution in [3.05, 3.63) is 103 Å². The number of ether oxygens (including phenoxy) is 1. The summed E-state index contributed by atoms with van der Waals surface area (Å²) in [5, 5.41) is 22.5. The minimum Gasteiger partial charge on any atom is -0.455 e. The van der Waals surface area contributed by atoms with E-state index in [4.69, 9.17) is 4.74 Å². The highest BCUT2D eigenvalue weighted by atomic mass is 32.1. The highest BCUT2D eigenvalue weighted by Gasteiger charge is 2.13. The first-order valence-electron chi connectivity index (χ1n) is 10.0. The number of thiophene rings is 2. The third kappa shape index (κ3) is 5.51. The van der Waals surface area contributed by atoms with Crippen molar-refractivity contribution in [2.75, 3.05) is 0 Å². The van der Waals surface area contributed by atoms with Crippen molar-refractivity contribution in [2.45, 2.75) is 12.8 Å². The number of nitriles is 2. The predicted octanol–water partition coefficient (Wildman–Crippen LogP) is 6.53. The van der Waals surface area contributed by atoms with Gasteiger partial charge in [0.25, 0.3) is 0 Å². The van der Waals surface area contributed by atoms with Crippen molar-refractivity contribution < 1.29 is 4.74 Å². The lowest BCUT2D eigenvalue weighted by atomic mass is 10.0. The van der Waals surface area contributed by atoms with Crippen molar-refractivity contribution in [1.29, 1.82) is 10.5 Å². The SMILES string of the molecule is N#CCc1cccc(Oc2cccc(CC#N)c2C#Cc2cccs2)c1C#Cc1cccs1. The summed E-state index contributed by atoms with van der Waals surface area (Å²) in [5.74, 6) is 13.8. The average Bonchev–Trinajstić information content (AvgIpc) is 3.53. The third-order valence-corrected chi connectivity index (χ3v) is 6.22. The number of hydrogen-bond donors (Lipinski definition) is 0. The lowest BCUT2D eigenvalue weighted by molar-refractivity contribution is 0.478. The Hall–Kier alpha value is -4.26. The van der Waals surface area contributed by atoms with Crippen LogP contribution >= 0.6 is 22.7 Å². The van der Waals surface area contributed by atoms with Crippen molar-refractivity contribution in [2.24, 2.45) is 0 Å². The van der Waals surface area contributed by atoms with E-state index in [1.54, 1.807) is 22.7 Å². The first-order valence-corrected chi connectivity index (χ1v) is 11.8. The molecule has 156 valence electrons. The van der Waals surface area contributed by atoms with Gasteiger partial charge < -0.3 is 4.74 Å². The average molecular weight is 461 g/mol. The fraction of sp³-hybridized carbons (Fsp3) is 0.0714. The van der Waals surface area contributed by atoms with Gasteiger partial charge in [0.1, 0.15) is 11.5 Å². The molecule has 0 radical (unpaired) electrons. The molecule has 3 nitrogen and oxygen atoms in total. The zero-order chi connectivity index (χ0) is 22.9. The maximum absolute atomic E-state index is 9.29. The first-order chi connectivity index (χ1) is 16.3. The van der Waals surface area contributed by atoms with Gasteiger partial charge in [0.2, 0.25) is 0 Å². The van der Waals surface area contributed by atoms with E-state index in [-0.39, 0.29) is 12.8 Å². The Labute approximate surface area is 201 Å². The van der Waals surface area contributed by atoms with Gasteiger partial charge in [-0.2, -0.15) is 10.5 Å². The smallest absolute Gasteiger partial charge is 0.143 e. The summed E-state index contributed by atoms with van der Waals surface area (Å²) < 4.78 is 6.34. The molecule has 2 aromatic carbocycles. The van der Waals surface area contributed by atoms with E-state index in [2.05, 4.69) is 35.8 Å². The van der Waals surface area contributed by atoms with Crippen LogP contribution in [0, 0.1) is 46.3 Å². The van der Waals surface area contributed by atoms with E-state index >= 15 is 0 Å². The van der Waals surface area contributed by atoms with Gasteiger partial charge in [-0.3, -0.25) is 0 Å². The van der Waals surface area contributed by atoms with Crippen molar-refractivity contribution >= 4 is 22.7 Å². The second-order valence-corrected chi connectivity index (χ2v) is 8.70. The molecule has 0 spiro atoms. The van der Waals surface area contributed by atoms with Crippen LogP contribution < -0.4 is 4.74 Å². The standard InChI is InChI=1S/C28H16N2OS2/c29-17-15-21-5-1-9-27(25(21)13-11-23-7-3-19-32-23)31-28-10-2-6-22(16-18-30)26(28)14-12-24-8-4-20-33-24/h1-10,19-20H,15-16H2. The van der Waals surface area contributed by atoms with Gasteiger partial charge >= 0.3 is 0 Å². The van der Waals surface area contributed by atoms with E-state index in [1.165, 1.54) is 0 Å². The largest absolute Gasteiger partial charge is 0.455 e. The van der Waals surface area contributed by atoms with Gasteiger partial charge in [0, 0.05) is 0 Å². The molecule has 0 bridgehead atoms. The Kier molecular flexibility index (Phi) is 7.22. The van der Waals surface area contributed by atoms with Crippen LogP contribution in [0.15, 0.2) is 71.4 Å². The molecule has 0 saturated carbocycles. The summed E-state index contributed by atoms with van der Waals surface area (Å²) in [6, 6.07) is 23.4. The lowest BCUT2D eigenvalue weighted by Crippen LogP contribution is -1.98. The van der Waals surface area contributed by atoms with Crippen LogP contribution in [0.25, 0.3) is 0 Å². The highest BCUT2D eigenvalue weighted by molar-refractivity contribution is 7.10. The van der Waals surface area contributed by atoms with Crippen LogP contribution in [0.5, 0.6) is 11.5 Å². The Bertz CT molecular complexity index is 1350. The van der Waals surface area contributed by atoms with Gasteiger partial charge in [0.05, 0.1) is 45.9 Å². The molecular formula is C28H16N2OS2. The van der Waals surface area contributed by atoms with Gasteiger partial charge in [-0.25, -0.2) is 0 Å². The summed E-state index contributed by atoms with van der Waals surface area (Å²) >= 11 is 3.12. The molecule has 0 amide bonds. The predicted molar refractivity (Wildman–Crippen MR) is 132 cm³/mol. The molecule has 0 fully saturated rings. The number of hydrogen-bond acceptors (Lipinski definition) is 5. The van der Waals surface area contributed by atoms with Crippen molar-refractivity contribution in [1.82, 2.24) is 0 Å². The van der Waals surface area contributed by atoms with E-state index in [0.29, 0.717) is 22.6 Å². The van der Waals surface area contributed by atoms with Crippen LogP contribution in [-0.2, 0) is 12.8 Å². The summed E-state index contributed by atoms with van der Waals surface area (Å²) in [4.78, 5) is 1.87. The monoisotopic (exact) mass is 460 g/mol. The van der Waals surface area contributed by atoms with Crippen molar-refractivity contribution in [3.8, 4) is 47.3 Å². The zero-order valence-electron chi connectivity index (χ0n) is 17.5. The summed E-state index contributed by atoms with van der Waals surface area (Å²) in [7, 11) is 0. The minimum absolute atomic E-state index is 0.227. The van der Waals surface area contributed by atoms with Crippen LogP contribution in [0.3, 0.4) is 0 Å². The fourth-order valence-electron chi connectivity index (χ4n) is 3.14. The molecule has 2 aromatic heterocycles. The summed E-state index contributed by atoms with van der Waals surface area (Å²) in [5.41, 5.74) is 2.96. The second kappa shape index (κ2) is 10.9. The molecule has 0 atom stereocenters. The minimum atomic E-state index is 0.227. The molecule has 2 heterocycles. The number of rotatable bonds is 4. The fourth-order valence-corrected chi connectivity index (χ4v) is 4.28. The molecule has 4 rings (SSSR count). The summed E-state index contributed by atoms with van der Waals surface area (Å²) in [6.45, 7) is 0. The molecule has 0 saturated heterocycles. The van der Waals surface area contributed by atoms with E-state index < -0.39 is 0 Å². The number of nitrogens with zero attached hydrogens (tertiary/aromatic N) is 2. The zero-order valence-corrected chi connectivity index (χ0v) is 19.1. The third-order valence-electron chi connectivity index (χ3n) is 4.65.